The molecule has 11 heavy (non-hydrogen) atoms. The monoisotopic (exact) mass is 172 g/mol. The number of nitrogens with two attached hydrogens (primary N) is 1. The van der Waals surface area contributed by atoms with Crippen molar-refractivity contribution in [2.45, 2.75) is 6.10 Å². The first kappa shape index (κ1) is 8.09. The van der Waals surface area contributed by atoms with Crippen LogP contribution >= 0.6 is 11.3 Å². The number of rotatable bonds is 3. The third-order valence-corrected chi connectivity index (χ3v) is 1.74. The predicted octanol–water partition coefficient (Wildman–Crippen LogP) is -0.489. The summed E-state index contributed by atoms with van der Waals surface area (Å²) in [6.07, 6.45) is -0.793. The second kappa shape index (κ2) is 3.40. The lowest BCUT2D eigenvalue weighted by Gasteiger charge is -2.05. The van der Waals surface area contributed by atoms with Gasteiger partial charge in [-0.05, 0) is 0 Å². The molecule has 59 valence electrons. The molecule has 1 aromatic rings. The molecule has 2 N–H and O–H groups in total. The van der Waals surface area contributed by atoms with Crippen LogP contribution in [0, 0.1) is 5.51 Å². The summed E-state index contributed by atoms with van der Waals surface area (Å²) in [6.45, 7) is 0. The molecular weight excluding hydrogens is 166 g/mol. The topological polar surface area (TPSA) is 78.1 Å². The van der Waals surface area contributed by atoms with Crippen LogP contribution in [0.4, 0.5) is 0 Å². The number of carbonyl (C=O) groups excluding carboxylic acids is 1. The van der Waals surface area contributed by atoms with E-state index >= 15 is 0 Å². The number of nitrogens with zero attached hydrogens (tertiary/aromatic N) is 2. The van der Waals surface area contributed by atoms with Gasteiger partial charge in [0.2, 0.25) is 0 Å². The summed E-state index contributed by atoms with van der Waals surface area (Å²) in [7, 11) is 1.39. The Labute approximate surface area is 67.2 Å². The molecular formula is C5H6N3O2S. The summed E-state index contributed by atoms with van der Waals surface area (Å²) in [4.78, 5) is 10.7. The van der Waals surface area contributed by atoms with Crippen LogP contribution < -0.4 is 5.73 Å². The normalized spacial score (nSPS) is 12.8. The largest absolute Gasteiger partial charge is 0.367 e. The lowest BCUT2D eigenvalue weighted by Crippen LogP contribution is -2.22. The van der Waals surface area contributed by atoms with Crippen LogP contribution in [-0.2, 0) is 9.53 Å². The molecule has 0 aliphatic carbocycles. The Morgan fingerprint density at radius 3 is 3.00 bits per heavy atom. The second-order valence-corrected chi connectivity index (χ2v) is 2.55. The molecule has 1 radical (unpaired) electrons. The molecule has 1 heterocycles. The number of primary amides is 1. The molecule has 1 atom stereocenters. The fourth-order valence-electron chi connectivity index (χ4n) is 0.602. The number of methoxy groups -OCH3 is 1. The molecule has 0 aliphatic heterocycles. The third-order valence-electron chi connectivity index (χ3n) is 1.06. The van der Waals surface area contributed by atoms with Crippen molar-refractivity contribution in [1.82, 2.24) is 10.2 Å². The predicted molar refractivity (Wildman–Crippen MR) is 37.7 cm³/mol. The van der Waals surface area contributed by atoms with Crippen molar-refractivity contribution in [1.29, 1.82) is 0 Å². The minimum absolute atomic E-state index is 0.431. The Morgan fingerprint density at radius 1 is 1.91 bits per heavy atom. The Kier molecular flexibility index (Phi) is 2.50. The summed E-state index contributed by atoms with van der Waals surface area (Å²) in [5.41, 5.74) is 7.49. The summed E-state index contributed by atoms with van der Waals surface area (Å²) in [5.74, 6) is -0.572. The highest BCUT2D eigenvalue weighted by Gasteiger charge is 2.19. The fourth-order valence-corrected chi connectivity index (χ4v) is 1.18. The van der Waals surface area contributed by atoms with E-state index in [-0.39, 0.29) is 0 Å². The molecule has 1 rings (SSSR count). The zero-order valence-electron chi connectivity index (χ0n) is 5.77. The zero-order chi connectivity index (χ0) is 8.27. The van der Waals surface area contributed by atoms with E-state index in [1.807, 2.05) is 0 Å². The maximum Gasteiger partial charge on any atom is 0.253 e. The summed E-state index contributed by atoms with van der Waals surface area (Å²) in [5, 5.41) is 7.46. The van der Waals surface area contributed by atoms with Crippen LogP contribution in [0.3, 0.4) is 0 Å². The van der Waals surface area contributed by atoms with Crippen LogP contribution in [0.2, 0.25) is 0 Å². The maximum atomic E-state index is 10.7. The van der Waals surface area contributed by atoms with Crippen molar-refractivity contribution in [3.63, 3.8) is 0 Å². The lowest BCUT2D eigenvalue weighted by molar-refractivity contribution is -0.128. The fraction of sp³-hybridized carbons (Fsp3) is 0.400. The molecule has 1 amide bonds. The number of aromatic nitrogens is 2. The highest BCUT2D eigenvalue weighted by atomic mass is 32.1. The first-order valence-corrected chi connectivity index (χ1v) is 3.59. The molecule has 0 saturated carbocycles. The summed E-state index contributed by atoms with van der Waals surface area (Å²) >= 11 is 1.11. The summed E-state index contributed by atoms with van der Waals surface area (Å²) in [6, 6.07) is 0. The average Bonchev–Trinajstić information content (AvgIpc) is 2.40. The van der Waals surface area contributed by atoms with Gasteiger partial charge in [-0.2, -0.15) is 0 Å². The van der Waals surface area contributed by atoms with Crippen LogP contribution in [0.1, 0.15) is 11.1 Å². The van der Waals surface area contributed by atoms with Crippen LogP contribution in [0.15, 0.2) is 0 Å². The minimum atomic E-state index is -0.793. The van der Waals surface area contributed by atoms with Gasteiger partial charge in [-0.25, -0.2) is 0 Å². The Hall–Kier alpha value is -1.01. The first-order chi connectivity index (χ1) is 5.25. The number of carbonyl (C=O) groups is 1. The Balaban J connectivity index is 2.79. The Morgan fingerprint density at radius 2 is 2.64 bits per heavy atom. The SMILES string of the molecule is COC(C(N)=O)c1nn[c]s1. The Bertz CT molecular complexity index is 236. The maximum absolute atomic E-state index is 10.7. The van der Waals surface area contributed by atoms with Crippen LogP contribution in [0.25, 0.3) is 0 Å². The van der Waals surface area contributed by atoms with E-state index in [4.69, 9.17) is 10.5 Å². The van der Waals surface area contributed by atoms with Crippen molar-refractivity contribution < 1.29 is 9.53 Å². The van der Waals surface area contributed by atoms with E-state index in [0.29, 0.717) is 5.01 Å². The van der Waals surface area contributed by atoms with Crippen LogP contribution in [0.5, 0.6) is 0 Å². The first-order valence-electron chi connectivity index (χ1n) is 2.77. The molecule has 0 fully saturated rings. The van der Waals surface area contributed by atoms with E-state index in [1.54, 1.807) is 0 Å². The molecule has 0 aromatic carbocycles. The highest BCUT2D eigenvalue weighted by Crippen LogP contribution is 2.15. The van der Waals surface area contributed by atoms with Crippen LogP contribution in [-0.4, -0.2) is 23.2 Å². The summed E-state index contributed by atoms with van der Waals surface area (Å²) < 4.78 is 4.77. The zero-order valence-corrected chi connectivity index (χ0v) is 6.59. The molecule has 1 aromatic heterocycles. The van der Waals surface area contributed by atoms with Crippen molar-refractivity contribution in [2.75, 3.05) is 7.11 Å². The number of hydrogen-bond donors (Lipinski definition) is 1. The number of hydrogen-bond acceptors (Lipinski definition) is 5. The molecule has 0 spiro atoms. The molecule has 1 unspecified atom stereocenters. The van der Waals surface area contributed by atoms with Crippen molar-refractivity contribution >= 4 is 17.2 Å². The smallest absolute Gasteiger partial charge is 0.253 e. The third kappa shape index (κ3) is 1.72. The lowest BCUT2D eigenvalue weighted by atomic mass is 10.3. The quantitative estimate of drug-likeness (QED) is 0.667. The van der Waals surface area contributed by atoms with Gasteiger partial charge in [0.25, 0.3) is 5.91 Å². The van der Waals surface area contributed by atoms with Gasteiger partial charge in [-0.1, -0.05) is 11.3 Å². The van der Waals surface area contributed by atoms with E-state index in [1.165, 1.54) is 7.11 Å². The van der Waals surface area contributed by atoms with Crippen molar-refractivity contribution in [3.8, 4) is 0 Å². The van der Waals surface area contributed by atoms with Gasteiger partial charge >= 0.3 is 0 Å². The van der Waals surface area contributed by atoms with Gasteiger partial charge in [0.15, 0.2) is 16.6 Å². The molecule has 0 bridgehead atoms. The van der Waals surface area contributed by atoms with Gasteiger partial charge in [0, 0.05) is 7.11 Å². The van der Waals surface area contributed by atoms with Crippen molar-refractivity contribution in [2.24, 2.45) is 5.73 Å². The average molecular weight is 172 g/mol. The van der Waals surface area contributed by atoms with Crippen molar-refractivity contribution in [3.05, 3.63) is 10.5 Å². The minimum Gasteiger partial charge on any atom is -0.367 e. The van der Waals surface area contributed by atoms with Gasteiger partial charge in [0.05, 0.1) is 0 Å². The van der Waals surface area contributed by atoms with E-state index in [0.717, 1.165) is 11.3 Å². The second-order valence-electron chi connectivity index (χ2n) is 1.75. The molecule has 5 nitrogen and oxygen atoms in total. The standard InChI is InChI=1S/C5H6N3O2S/c1-10-3(4(6)9)5-8-7-2-11-5/h3H,1H3,(H2,6,9). The van der Waals surface area contributed by atoms with E-state index < -0.39 is 12.0 Å². The van der Waals surface area contributed by atoms with Gasteiger partial charge in [-0.3, -0.25) is 4.79 Å². The van der Waals surface area contributed by atoms with Gasteiger partial charge in [0.1, 0.15) is 0 Å². The van der Waals surface area contributed by atoms with Gasteiger partial charge < -0.3 is 10.5 Å². The number of ether oxygens (including phenoxy) is 1. The number of amides is 1. The van der Waals surface area contributed by atoms with E-state index in [9.17, 15) is 4.79 Å². The molecule has 0 saturated heterocycles. The molecule has 0 aliphatic rings. The highest BCUT2D eigenvalue weighted by molar-refractivity contribution is 7.08. The molecule has 6 heteroatoms. The van der Waals surface area contributed by atoms with E-state index in [2.05, 4.69) is 15.7 Å². The van der Waals surface area contributed by atoms with Gasteiger partial charge in [-0.15, -0.1) is 10.2 Å².